The standard InChI is InChI=1S/C58H94N4O3Si2/c1-9-13-17-19-21-27-37-63-53-45-59-57(60-46-53)51-33-35-55(49(43-51)31-25-23-29-41-66(5,6)39-15-11-3)65-56-36-34-52(44-50(56)32-26-24-30-42-67(7,8)40-16-12-4)58-61-47-54(48-62-58)64-38-28-22-20-18-14-10-2/h33-36,43-48H,9-32,37-42H2,1-8H3. The Hall–Kier alpha value is -3.57. The van der Waals surface area contributed by atoms with Gasteiger partial charge in [-0.25, -0.2) is 19.9 Å². The maximum Gasteiger partial charge on any atom is 0.159 e. The van der Waals surface area contributed by atoms with Crippen molar-refractivity contribution in [1.82, 2.24) is 19.9 Å². The highest BCUT2D eigenvalue weighted by molar-refractivity contribution is 6.77. The van der Waals surface area contributed by atoms with E-state index < -0.39 is 16.1 Å². The van der Waals surface area contributed by atoms with Gasteiger partial charge < -0.3 is 14.2 Å². The summed E-state index contributed by atoms with van der Waals surface area (Å²) >= 11 is 0. The molecule has 4 aromatic rings. The summed E-state index contributed by atoms with van der Waals surface area (Å²) in [5.74, 6) is 4.74. The minimum atomic E-state index is -1.14. The molecule has 0 saturated carbocycles. The van der Waals surface area contributed by atoms with Crippen LogP contribution in [0.25, 0.3) is 22.8 Å². The molecule has 0 saturated heterocycles. The van der Waals surface area contributed by atoms with Gasteiger partial charge in [0.05, 0.1) is 38.0 Å². The number of hydrogen-bond acceptors (Lipinski definition) is 7. The molecule has 67 heavy (non-hydrogen) atoms. The van der Waals surface area contributed by atoms with Crippen molar-refractivity contribution < 1.29 is 14.2 Å². The number of nitrogens with zero attached hydrogens (tertiary/aromatic N) is 4. The summed E-state index contributed by atoms with van der Waals surface area (Å²) in [6.45, 7) is 20.9. The fourth-order valence-corrected chi connectivity index (χ4v) is 14.7. The zero-order valence-electron chi connectivity index (χ0n) is 44.0. The van der Waals surface area contributed by atoms with Gasteiger partial charge in [-0.1, -0.05) is 194 Å². The molecule has 0 aliphatic carbocycles. The molecule has 9 heteroatoms. The Bertz CT molecular complexity index is 1770. The van der Waals surface area contributed by atoms with E-state index in [-0.39, 0.29) is 0 Å². The lowest BCUT2D eigenvalue weighted by Gasteiger charge is -2.22. The minimum absolute atomic E-state index is 0.707. The molecule has 0 spiro atoms. The molecule has 2 heterocycles. The number of ether oxygens (including phenoxy) is 3. The Balaban J connectivity index is 1.53. The highest BCUT2D eigenvalue weighted by Gasteiger charge is 2.21. The number of aryl methyl sites for hydroxylation is 2. The maximum absolute atomic E-state index is 7.04. The van der Waals surface area contributed by atoms with Crippen LogP contribution in [0.15, 0.2) is 61.2 Å². The third-order valence-corrected chi connectivity index (χ3v) is 20.5. The van der Waals surface area contributed by atoms with Gasteiger partial charge in [-0.3, -0.25) is 0 Å². The normalized spacial score (nSPS) is 11.9. The molecule has 0 aliphatic rings. The summed E-state index contributed by atoms with van der Waals surface area (Å²) in [6.07, 6.45) is 36.8. The number of aromatic nitrogens is 4. The third-order valence-electron chi connectivity index (χ3n) is 13.7. The van der Waals surface area contributed by atoms with E-state index in [1.807, 2.05) is 24.8 Å². The van der Waals surface area contributed by atoms with E-state index in [1.165, 1.54) is 151 Å². The van der Waals surface area contributed by atoms with E-state index in [0.717, 1.165) is 72.6 Å². The van der Waals surface area contributed by atoms with Crippen LogP contribution in [0.4, 0.5) is 0 Å². The smallest absolute Gasteiger partial charge is 0.159 e. The van der Waals surface area contributed by atoms with Crippen molar-refractivity contribution >= 4 is 16.1 Å². The van der Waals surface area contributed by atoms with Gasteiger partial charge in [0.2, 0.25) is 0 Å². The van der Waals surface area contributed by atoms with Crippen LogP contribution in [0.3, 0.4) is 0 Å². The number of benzene rings is 2. The first-order valence-corrected chi connectivity index (χ1v) is 34.2. The van der Waals surface area contributed by atoms with Gasteiger partial charge in [-0.15, -0.1) is 0 Å². The number of hydrogen-bond donors (Lipinski definition) is 0. The van der Waals surface area contributed by atoms with Crippen LogP contribution in [0, 0.1) is 0 Å². The quantitative estimate of drug-likeness (QED) is 0.0327. The van der Waals surface area contributed by atoms with Crippen LogP contribution in [0.2, 0.25) is 50.4 Å². The van der Waals surface area contributed by atoms with Crippen LogP contribution in [-0.2, 0) is 12.8 Å². The Morgan fingerprint density at radius 2 is 0.731 bits per heavy atom. The second kappa shape index (κ2) is 32.3. The Morgan fingerprint density at radius 3 is 1.12 bits per heavy atom. The minimum Gasteiger partial charge on any atom is -0.490 e. The van der Waals surface area contributed by atoms with E-state index in [0.29, 0.717) is 24.9 Å². The van der Waals surface area contributed by atoms with Crippen molar-refractivity contribution in [3.8, 4) is 45.8 Å². The van der Waals surface area contributed by atoms with Gasteiger partial charge in [-0.05, 0) is 86.1 Å². The molecule has 7 nitrogen and oxygen atoms in total. The van der Waals surface area contributed by atoms with Crippen LogP contribution in [0.1, 0.15) is 180 Å². The summed E-state index contributed by atoms with van der Waals surface area (Å²) in [4.78, 5) is 19.1. The van der Waals surface area contributed by atoms with Crippen molar-refractivity contribution in [2.45, 2.75) is 232 Å². The average Bonchev–Trinajstić information content (AvgIpc) is 3.33. The van der Waals surface area contributed by atoms with Crippen molar-refractivity contribution in [3.63, 3.8) is 0 Å². The molecular formula is C58H94N4O3Si2. The first-order valence-electron chi connectivity index (χ1n) is 27.4. The van der Waals surface area contributed by atoms with Gasteiger partial charge in [0.15, 0.2) is 23.1 Å². The molecular weight excluding hydrogens is 857 g/mol. The van der Waals surface area contributed by atoms with E-state index in [1.54, 1.807) is 0 Å². The second-order valence-electron chi connectivity index (χ2n) is 21.1. The zero-order valence-corrected chi connectivity index (χ0v) is 46.0. The Labute approximate surface area is 411 Å². The highest BCUT2D eigenvalue weighted by Crippen LogP contribution is 2.35. The van der Waals surface area contributed by atoms with Crippen LogP contribution in [-0.4, -0.2) is 49.3 Å². The molecule has 2 aromatic carbocycles. The van der Waals surface area contributed by atoms with Crippen LogP contribution < -0.4 is 14.2 Å². The fraction of sp³-hybridized carbons (Fsp3) is 0.655. The average molecular weight is 952 g/mol. The molecule has 0 aliphatic heterocycles. The van der Waals surface area contributed by atoms with Gasteiger partial charge in [0.1, 0.15) is 11.5 Å². The summed E-state index contributed by atoms with van der Waals surface area (Å²) in [6, 6.07) is 18.8. The number of unbranched alkanes of at least 4 members (excludes halogenated alkanes) is 16. The van der Waals surface area contributed by atoms with Crippen molar-refractivity contribution in [1.29, 1.82) is 0 Å². The van der Waals surface area contributed by atoms with Crippen molar-refractivity contribution in [2.75, 3.05) is 13.2 Å². The van der Waals surface area contributed by atoms with E-state index >= 15 is 0 Å². The van der Waals surface area contributed by atoms with Crippen molar-refractivity contribution in [2.24, 2.45) is 0 Å². The zero-order chi connectivity index (χ0) is 48.0. The lowest BCUT2D eigenvalue weighted by Crippen LogP contribution is -2.24. The first-order chi connectivity index (χ1) is 32.6. The van der Waals surface area contributed by atoms with Gasteiger partial charge in [-0.2, -0.15) is 0 Å². The van der Waals surface area contributed by atoms with Crippen LogP contribution in [0.5, 0.6) is 23.0 Å². The number of rotatable bonds is 38. The summed E-state index contributed by atoms with van der Waals surface area (Å²) < 4.78 is 19.1. The van der Waals surface area contributed by atoms with E-state index in [9.17, 15) is 0 Å². The molecule has 0 fully saturated rings. The first kappa shape index (κ1) is 56.0. The van der Waals surface area contributed by atoms with E-state index in [4.69, 9.17) is 34.1 Å². The summed E-state index contributed by atoms with van der Waals surface area (Å²) in [5, 5.41) is 0. The monoisotopic (exact) mass is 951 g/mol. The van der Waals surface area contributed by atoms with Gasteiger partial charge in [0.25, 0.3) is 0 Å². The molecule has 0 bridgehead atoms. The van der Waals surface area contributed by atoms with Crippen LogP contribution >= 0.6 is 0 Å². The fourth-order valence-electron chi connectivity index (χ4n) is 9.12. The summed E-state index contributed by atoms with van der Waals surface area (Å²) in [5.41, 5.74) is 4.44. The Morgan fingerprint density at radius 1 is 0.388 bits per heavy atom. The third kappa shape index (κ3) is 22.6. The molecule has 0 atom stereocenters. The Kier molecular flexibility index (Phi) is 27.0. The predicted octanol–water partition coefficient (Wildman–Crippen LogP) is 18.3. The SMILES string of the molecule is CCCCCCCCOc1cnc(-c2ccc(Oc3ccc(-c4ncc(OCCCCCCCC)cn4)cc3CCCCC[Si](C)(C)CCCC)c(CCCCC[Si](C)(C)CCCC)c2)nc1. The molecule has 0 N–H and O–H groups in total. The summed E-state index contributed by atoms with van der Waals surface area (Å²) in [7, 11) is -2.28. The molecule has 0 amide bonds. The van der Waals surface area contributed by atoms with Gasteiger partial charge in [0, 0.05) is 27.3 Å². The molecule has 0 unspecified atom stereocenters. The lowest BCUT2D eigenvalue weighted by molar-refractivity contribution is 0.302. The molecule has 0 radical (unpaired) electrons. The van der Waals surface area contributed by atoms with Gasteiger partial charge >= 0.3 is 0 Å². The van der Waals surface area contributed by atoms with E-state index in [2.05, 4.69) is 90.3 Å². The predicted molar refractivity (Wildman–Crippen MR) is 292 cm³/mol. The highest BCUT2D eigenvalue weighted by atomic mass is 28.3. The molecule has 2 aromatic heterocycles. The lowest BCUT2D eigenvalue weighted by atomic mass is 10.0. The molecule has 4 rings (SSSR count). The topological polar surface area (TPSA) is 79.2 Å². The van der Waals surface area contributed by atoms with Crippen molar-refractivity contribution in [3.05, 3.63) is 72.3 Å². The molecule has 372 valence electrons. The second-order valence-corrected chi connectivity index (χ2v) is 31.8. The largest absolute Gasteiger partial charge is 0.490 e. The maximum atomic E-state index is 7.04.